The van der Waals surface area contributed by atoms with Crippen LogP contribution in [0.4, 0.5) is 5.69 Å². The Balaban J connectivity index is 1.60. The van der Waals surface area contributed by atoms with Gasteiger partial charge in [-0.25, -0.2) is 0 Å². The summed E-state index contributed by atoms with van der Waals surface area (Å²) in [6, 6.07) is 3.88. The van der Waals surface area contributed by atoms with Crippen molar-refractivity contribution >= 4 is 46.6 Å². The van der Waals surface area contributed by atoms with E-state index in [0.29, 0.717) is 28.8 Å². The van der Waals surface area contributed by atoms with Crippen molar-refractivity contribution in [1.29, 1.82) is 0 Å². The van der Waals surface area contributed by atoms with E-state index in [4.69, 9.17) is 23.2 Å². The summed E-state index contributed by atoms with van der Waals surface area (Å²) in [5, 5.41) is 6.24. The molecule has 0 radical (unpaired) electrons. The number of benzene rings is 1. The van der Waals surface area contributed by atoms with Crippen molar-refractivity contribution in [1.82, 2.24) is 20.0 Å². The van der Waals surface area contributed by atoms with Gasteiger partial charge in [0.15, 0.2) is 0 Å². The van der Waals surface area contributed by atoms with Gasteiger partial charge < -0.3 is 20.4 Å². The van der Waals surface area contributed by atoms with E-state index in [-0.39, 0.29) is 30.7 Å². The van der Waals surface area contributed by atoms with Crippen molar-refractivity contribution < 1.29 is 14.4 Å². The zero-order chi connectivity index (χ0) is 21.7. The number of hydrogen-bond acceptors (Lipinski definition) is 5. The molecule has 3 amide bonds. The number of nitrogens with zero attached hydrogens (tertiary/aromatic N) is 3. The minimum atomic E-state index is -0.835. The molecule has 2 saturated heterocycles. The topological polar surface area (TPSA) is 85.0 Å². The van der Waals surface area contributed by atoms with Crippen molar-refractivity contribution in [2.24, 2.45) is 0 Å². The van der Waals surface area contributed by atoms with E-state index in [2.05, 4.69) is 27.4 Å². The maximum Gasteiger partial charge on any atom is 0.243 e. The first kappa shape index (κ1) is 22.8. The number of carbonyl (C=O) groups is 3. The molecule has 2 fully saturated rings. The van der Waals surface area contributed by atoms with Gasteiger partial charge in [0.1, 0.15) is 6.04 Å². The molecule has 1 atom stereocenters. The summed E-state index contributed by atoms with van der Waals surface area (Å²) in [4.78, 5) is 43.9. The van der Waals surface area contributed by atoms with Gasteiger partial charge in [-0.2, -0.15) is 0 Å². The second kappa shape index (κ2) is 10.4. The first-order chi connectivity index (χ1) is 14.4. The predicted molar refractivity (Wildman–Crippen MR) is 117 cm³/mol. The van der Waals surface area contributed by atoms with Gasteiger partial charge in [0, 0.05) is 55.0 Å². The normalized spacial score (nSPS) is 20.7. The molecule has 1 aromatic rings. The highest BCUT2D eigenvalue weighted by atomic mass is 35.5. The van der Waals surface area contributed by atoms with Crippen LogP contribution in [0.15, 0.2) is 18.2 Å². The van der Waals surface area contributed by atoms with Gasteiger partial charge in [-0.3, -0.25) is 19.3 Å². The number of likely N-dealkylation sites (N-methyl/N-ethyl adjacent to an activating group) is 1. The Morgan fingerprint density at radius 2 is 1.70 bits per heavy atom. The molecule has 0 aliphatic carbocycles. The first-order valence-corrected chi connectivity index (χ1v) is 10.9. The fourth-order valence-corrected chi connectivity index (χ4v) is 4.30. The molecule has 1 aromatic carbocycles. The molecule has 0 spiro atoms. The molecule has 30 heavy (non-hydrogen) atoms. The highest BCUT2D eigenvalue weighted by molar-refractivity contribution is 6.35. The lowest BCUT2D eigenvalue weighted by Crippen LogP contribution is -2.60. The lowest BCUT2D eigenvalue weighted by molar-refractivity contribution is -0.145. The number of carbonyl (C=O) groups excluding carboxylic acids is 3. The minimum Gasteiger partial charge on any atom is -0.353 e. The van der Waals surface area contributed by atoms with Gasteiger partial charge in [-0.05, 0) is 24.7 Å². The summed E-state index contributed by atoms with van der Waals surface area (Å²) in [6.45, 7) is 7.66. The Morgan fingerprint density at radius 1 is 1.07 bits per heavy atom. The number of anilines is 1. The Bertz CT molecular complexity index is 778. The number of piperazine rings is 2. The molecule has 8 nitrogen and oxygen atoms in total. The van der Waals surface area contributed by atoms with Crippen LogP contribution in [-0.4, -0.2) is 90.8 Å². The summed E-state index contributed by atoms with van der Waals surface area (Å²) in [5.41, 5.74) is 0.445. The number of rotatable bonds is 6. The van der Waals surface area contributed by atoms with Crippen LogP contribution in [0, 0.1) is 0 Å². The zero-order valence-corrected chi connectivity index (χ0v) is 18.5. The van der Waals surface area contributed by atoms with Gasteiger partial charge in [0.25, 0.3) is 0 Å². The van der Waals surface area contributed by atoms with Gasteiger partial charge in [0.05, 0.1) is 13.0 Å². The second-order valence-corrected chi connectivity index (χ2v) is 8.39. The molecule has 0 bridgehead atoms. The third kappa shape index (κ3) is 6.07. The fraction of sp³-hybridized carbons (Fsp3) is 0.550. The van der Waals surface area contributed by atoms with E-state index in [1.54, 1.807) is 18.2 Å². The van der Waals surface area contributed by atoms with Crippen LogP contribution in [0.1, 0.15) is 13.3 Å². The Kier molecular flexibility index (Phi) is 7.93. The van der Waals surface area contributed by atoms with Crippen LogP contribution in [0.3, 0.4) is 0 Å². The highest BCUT2D eigenvalue weighted by Gasteiger charge is 2.35. The van der Waals surface area contributed by atoms with E-state index < -0.39 is 6.04 Å². The largest absolute Gasteiger partial charge is 0.353 e. The van der Waals surface area contributed by atoms with Crippen molar-refractivity contribution in [3.05, 3.63) is 28.2 Å². The second-order valence-electron chi connectivity index (χ2n) is 7.51. The Labute approximate surface area is 186 Å². The SMILES string of the molecule is CCN1CCN(CC(=O)N2CCNC(=O)C2CC(=O)Nc2cc(Cl)cc(Cl)c2)CC1. The summed E-state index contributed by atoms with van der Waals surface area (Å²) in [5.74, 6) is -0.826. The Morgan fingerprint density at radius 3 is 2.33 bits per heavy atom. The smallest absolute Gasteiger partial charge is 0.243 e. The number of halogens is 2. The monoisotopic (exact) mass is 455 g/mol. The van der Waals surface area contributed by atoms with Crippen LogP contribution in [-0.2, 0) is 14.4 Å². The molecular weight excluding hydrogens is 429 g/mol. The van der Waals surface area contributed by atoms with Crippen LogP contribution in [0.25, 0.3) is 0 Å². The van der Waals surface area contributed by atoms with Crippen molar-refractivity contribution in [2.75, 3.05) is 57.7 Å². The number of amides is 3. The van der Waals surface area contributed by atoms with Crippen LogP contribution in [0.2, 0.25) is 10.0 Å². The number of hydrogen-bond donors (Lipinski definition) is 2. The van der Waals surface area contributed by atoms with Crippen molar-refractivity contribution in [3.8, 4) is 0 Å². The molecule has 0 saturated carbocycles. The lowest BCUT2D eigenvalue weighted by atomic mass is 10.1. The average Bonchev–Trinajstić information content (AvgIpc) is 2.69. The standard InChI is InChI=1S/C20H27Cl2N5O3/c1-2-25-5-7-26(8-6-25)13-19(29)27-4-3-23-20(30)17(27)12-18(28)24-16-10-14(21)9-15(22)11-16/h9-11,17H,2-8,12-13H2,1H3,(H,23,30)(H,24,28). The van der Waals surface area contributed by atoms with Gasteiger partial charge >= 0.3 is 0 Å². The van der Waals surface area contributed by atoms with E-state index >= 15 is 0 Å². The summed E-state index contributed by atoms with van der Waals surface area (Å²) < 4.78 is 0. The Hall–Kier alpha value is -1.87. The molecule has 2 aliphatic rings. The van der Waals surface area contributed by atoms with Crippen molar-refractivity contribution in [3.63, 3.8) is 0 Å². The van der Waals surface area contributed by atoms with E-state index in [9.17, 15) is 14.4 Å². The summed E-state index contributed by atoms with van der Waals surface area (Å²) in [6.07, 6.45) is -0.134. The van der Waals surface area contributed by atoms with Crippen LogP contribution >= 0.6 is 23.2 Å². The molecule has 2 aliphatic heterocycles. The molecule has 2 N–H and O–H groups in total. The average molecular weight is 456 g/mol. The molecule has 1 unspecified atom stereocenters. The lowest BCUT2D eigenvalue weighted by Gasteiger charge is -2.38. The first-order valence-electron chi connectivity index (χ1n) is 10.1. The molecule has 3 rings (SSSR count). The quantitative estimate of drug-likeness (QED) is 0.674. The van der Waals surface area contributed by atoms with E-state index in [1.807, 2.05) is 0 Å². The van der Waals surface area contributed by atoms with E-state index in [1.165, 1.54) is 4.90 Å². The van der Waals surface area contributed by atoms with Crippen LogP contribution < -0.4 is 10.6 Å². The van der Waals surface area contributed by atoms with Crippen molar-refractivity contribution in [2.45, 2.75) is 19.4 Å². The molecule has 2 heterocycles. The molecular formula is C20H27Cl2N5O3. The third-order valence-electron chi connectivity index (χ3n) is 5.45. The summed E-state index contributed by atoms with van der Waals surface area (Å²) >= 11 is 11.9. The van der Waals surface area contributed by atoms with Gasteiger partial charge in [-0.1, -0.05) is 30.1 Å². The molecule has 10 heteroatoms. The maximum absolute atomic E-state index is 12.9. The zero-order valence-electron chi connectivity index (χ0n) is 17.0. The summed E-state index contributed by atoms with van der Waals surface area (Å²) in [7, 11) is 0. The fourth-order valence-electron chi connectivity index (χ4n) is 3.78. The highest BCUT2D eigenvalue weighted by Crippen LogP contribution is 2.23. The minimum absolute atomic E-state index is 0.126. The van der Waals surface area contributed by atoms with Crippen LogP contribution in [0.5, 0.6) is 0 Å². The predicted octanol–water partition coefficient (Wildman–Crippen LogP) is 1.29. The third-order valence-corrected chi connectivity index (χ3v) is 5.88. The maximum atomic E-state index is 12.9. The van der Waals surface area contributed by atoms with E-state index in [0.717, 1.165) is 32.7 Å². The van der Waals surface area contributed by atoms with Gasteiger partial charge in [0.2, 0.25) is 17.7 Å². The van der Waals surface area contributed by atoms with Gasteiger partial charge in [-0.15, -0.1) is 0 Å². The molecule has 164 valence electrons. The molecule has 0 aromatic heterocycles. The number of nitrogens with one attached hydrogen (secondary N) is 2.